The van der Waals surface area contributed by atoms with Crippen LogP contribution in [0.4, 0.5) is 4.39 Å². The molecule has 5 nitrogen and oxygen atoms in total. The molecule has 1 aromatic carbocycles. The number of hydrogen-bond donors (Lipinski definition) is 2. The number of halogens is 2. The number of nitrogens with one attached hydrogen (secondary N) is 2. The third-order valence-corrected chi connectivity index (χ3v) is 4.52. The molecule has 7 heteroatoms. The van der Waals surface area contributed by atoms with E-state index in [0.717, 1.165) is 69.4 Å². The quantitative estimate of drug-likeness (QED) is 0.360. The Labute approximate surface area is 173 Å². The molecule has 0 bridgehead atoms. The van der Waals surface area contributed by atoms with Crippen LogP contribution < -0.4 is 10.6 Å². The number of guanidine groups is 1. The molecule has 1 heterocycles. The second-order valence-corrected chi connectivity index (χ2v) is 6.46. The number of rotatable bonds is 7. The molecule has 148 valence electrons. The summed E-state index contributed by atoms with van der Waals surface area (Å²) in [5.74, 6) is 0.656. The van der Waals surface area contributed by atoms with Gasteiger partial charge in [0.25, 0.3) is 0 Å². The van der Waals surface area contributed by atoms with Gasteiger partial charge in [-0.1, -0.05) is 6.07 Å². The lowest BCUT2D eigenvalue weighted by molar-refractivity contribution is 0.0220. The van der Waals surface area contributed by atoms with E-state index in [1.807, 2.05) is 13.0 Å². The first-order valence-electron chi connectivity index (χ1n) is 9.19. The Kier molecular flexibility index (Phi) is 11.1. The maximum Gasteiger partial charge on any atom is 0.191 e. The second-order valence-electron chi connectivity index (χ2n) is 6.46. The first-order valence-corrected chi connectivity index (χ1v) is 9.19. The summed E-state index contributed by atoms with van der Waals surface area (Å²) in [6.07, 6.45) is 0.843. The zero-order chi connectivity index (χ0) is 18.1. The smallest absolute Gasteiger partial charge is 0.191 e. The molecular weight excluding hydrogens is 446 g/mol. The number of hydrogen-bond acceptors (Lipinski definition) is 3. The molecule has 0 aromatic heterocycles. The fourth-order valence-electron chi connectivity index (χ4n) is 2.95. The lowest BCUT2D eigenvalue weighted by Gasteiger charge is -2.31. The summed E-state index contributed by atoms with van der Waals surface area (Å²) in [6, 6.07) is 5.36. The van der Waals surface area contributed by atoms with E-state index >= 15 is 0 Å². The van der Waals surface area contributed by atoms with E-state index in [9.17, 15) is 4.39 Å². The zero-order valence-electron chi connectivity index (χ0n) is 16.1. The minimum Gasteiger partial charge on any atom is -0.379 e. The van der Waals surface area contributed by atoms with Crippen LogP contribution in [0.15, 0.2) is 23.2 Å². The Balaban J connectivity index is 0.00000338. The molecule has 0 spiro atoms. The molecule has 1 unspecified atom stereocenters. The summed E-state index contributed by atoms with van der Waals surface area (Å²) in [6.45, 7) is 12.1. The van der Waals surface area contributed by atoms with Gasteiger partial charge in [0, 0.05) is 32.2 Å². The first-order chi connectivity index (χ1) is 12.1. The maximum atomic E-state index is 13.2. The topological polar surface area (TPSA) is 48.9 Å². The molecule has 26 heavy (non-hydrogen) atoms. The normalized spacial score (nSPS) is 16.7. The van der Waals surface area contributed by atoms with Gasteiger partial charge < -0.3 is 15.4 Å². The van der Waals surface area contributed by atoms with Gasteiger partial charge >= 0.3 is 0 Å². The third kappa shape index (κ3) is 7.75. The van der Waals surface area contributed by atoms with E-state index < -0.39 is 0 Å². The van der Waals surface area contributed by atoms with Gasteiger partial charge in [-0.05, 0) is 50.5 Å². The first kappa shape index (κ1) is 23.1. The number of ether oxygens (including phenoxy) is 1. The Morgan fingerprint density at radius 2 is 2.04 bits per heavy atom. The van der Waals surface area contributed by atoms with Crippen LogP contribution in [0.2, 0.25) is 0 Å². The molecule has 2 rings (SSSR count). The Morgan fingerprint density at radius 1 is 1.31 bits per heavy atom. The van der Waals surface area contributed by atoms with Crippen molar-refractivity contribution < 1.29 is 9.13 Å². The van der Waals surface area contributed by atoms with Crippen molar-refractivity contribution in [3.63, 3.8) is 0 Å². The van der Waals surface area contributed by atoms with Gasteiger partial charge in [0.15, 0.2) is 5.96 Å². The molecule has 0 saturated carbocycles. The summed E-state index contributed by atoms with van der Waals surface area (Å²) in [5.41, 5.74) is 2.15. The van der Waals surface area contributed by atoms with Gasteiger partial charge in [-0.3, -0.25) is 9.89 Å². The molecular formula is C19H32FIN4O. The summed E-state index contributed by atoms with van der Waals surface area (Å²) >= 11 is 0. The van der Waals surface area contributed by atoms with Crippen molar-refractivity contribution in [3.8, 4) is 0 Å². The van der Waals surface area contributed by atoms with Crippen LogP contribution in [0, 0.1) is 12.7 Å². The van der Waals surface area contributed by atoms with Crippen LogP contribution in [-0.4, -0.2) is 62.8 Å². The molecule has 0 aliphatic carbocycles. The van der Waals surface area contributed by atoms with Crippen molar-refractivity contribution in [1.29, 1.82) is 0 Å². The molecule has 1 aromatic rings. The van der Waals surface area contributed by atoms with Gasteiger partial charge in [0.1, 0.15) is 5.82 Å². The largest absolute Gasteiger partial charge is 0.379 e. The Hall–Kier alpha value is -0.930. The van der Waals surface area contributed by atoms with E-state index in [1.54, 1.807) is 6.07 Å². The van der Waals surface area contributed by atoms with Crippen molar-refractivity contribution in [2.45, 2.75) is 33.2 Å². The maximum absolute atomic E-state index is 13.2. The van der Waals surface area contributed by atoms with Crippen LogP contribution in [0.25, 0.3) is 0 Å². The fraction of sp³-hybridized carbons (Fsp3) is 0.632. The van der Waals surface area contributed by atoms with Crippen LogP contribution in [-0.2, 0) is 11.2 Å². The molecule has 1 aliphatic heterocycles. The van der Waals surface area contributed by atoms with Gasteiger partial charge in [0.2, 0.25) is 0 Å². The zero-order valence-corrected chi connectivity index (χ0v) is 18.4. The average Bonchev–Trinajstić information content (AvgIpc) is 2.62. The lowest BCUT2D eigenvalue weighted by atomic mass is 10.1. The molecule has 1 aliphatic rings. The molecule has 2 N–H and O–H groups in total. The van der Waals surface area contributed by atoms with Crippen LogP contribution in [0.3, 0.4) is 0 Å². The van der Waals surface area contributed by atoms with Crippen molar-refractivity contribution in [2.24, 2.45) is 4.99 Å². The highest BCUT2D eigenvalue weighted by Gasteiger charge is 2.16. The fourth-order valence-corrected chi connectivity index (χ4v) is 2.95. The van der Waals surface area contributed by atoms with Crippen LogP contribution >= 0.6 is 24.0 Å². The van der Waals surface area contributed by atoms with Crippen LogP contribution in [0.5, 0.6) is 0 Å². The SMILES string of the molecule is CCNC(=NCC(C)N1CCOCC1)NCCc1ccc(F)cc1C.I. The van der Waals surface area contributed by atoms with E-state index in [2.05, 4.69) is 29.4 Å². The van der Waals surface area contributed by atoms with Gasteiger partial charge in [0.05, 0.1) is 19.8 Å². The summed E-state index contributed by atoms with van der Waals surface area (Å²) in [5, 5.41) is 6.66. The predicted molar refractivity (Wildman–Crippen MR) is 116 cm³/mol. The number of aliphatic imine (C=N–C) groups is 1. The summed E-state index contributed by atoms with van der Waals surface area (Å²) < 4.78 is 18.6. The van der Waals surface area contributed by atoms with Crippen molar-refractivity contribution in [1.82, 2.24) is 15.5 Å². The standard InChI is InChI=1S/C19H31FN4O.HI/c1-4-21-19(23-14-16(3)24-9-11-25-12-10-24)22-8-7-17-5-6-18(20)13-15(17)2;/h5-6,13,16H,4,7-12,14H2,1-3H3,(H2,21,22,23);1H. The highest BCUT2D eigenvalue weighted by molar-refractivity contribution is 14.0. The highest BCUT2D eigenvalue weighted by atomic mass is 127. The third-order valence-electron chi connectivity index (χ3n) is 4.52. The number of nitrogens with zero attached hydrogens (tertiary/aromatic N) is 2. The average molecular weight is 478 g/mol. The van der Waals surface area contributed by atoms with Crippen molar-refractivity contribution >= 4 is 29.9 Å². The van der Waals surface area contributed by atoms with E-state index in [0.29, 0.717) is 6.04 Å². The van der Waals surface area contributed by atoms with E-state index in [-0.39, 0.29) is 29.8 Å². The second kappa shape index (κ2) is 12.5. The number of benzene rings is 1. The summed E-state index contributed by atoms with van der Waals surface area (Å²) in [7, 11) is 0. The number of morpholine rings is 1. The van der Waals surface area contributed by atoms with Gasteiger partial charge in [-0.15, -0.1) is 24.0 Å². The molecule has 1 fully saturated rings. The minimum absolute atomic E-state index is 0. The highest BCUT2D eigenvalue weighted by Crippen LogP contribution is 2.10. The molecule has 1 saturated heterocycles. The lowest BCUT2D eigenvalue weighted by Crippen LogP contribution is -2.44. The van der Waals surface area contributed by atoms with E-state index in [4.69, 9.17) is 9.73 Å². The molecule has 0 amide bonds. The Bertz CT molecular complexity index is 564. The summed E-state index contributed by atoms with van der Waals surface area (Å²) in [4.78, 5) is 7.12. The van der Waals surface area contributed by atoms with Gasteiger partial charge in [-0.2, -0.15) is 0 Å². The monoisotopic (exact) mass is 478 g/mol. The van der Waals surface area contributed by atoms with Crippen LogP contribution in [0.1, 0.15) is 25.0 Å². The number of aryl methyl sites for hydroxylation is 1. The predicted octanol–water partition coefficient (Wildman–Crippen LogP) is 2.57. The minimum atomic E-state index is -0.179. The Morgan fingerprint density at radius 3 is 2.69 bits per heavy atom. The van der Waals surface area contributed by atoms with Gasteiger partial charge in [-0.25, -0.2) is 4.39 Å². The van der Waals surface area contributed by atoms with Crippen molar-refractivity contribution in [3.05, 3.63) is 35.1 Å². The van der Waals surface area contributed by atoms with E-state index in [1.165, 1.54) is 6.07 Å². The molecule has 0 radical (unpaired) electrons. The molecule has 1 atom stereocenters. The van der Waals surface area contributed by atoms with Crippen molar-refractivity contribution in [2.75, 3.05) is 45.9 Å².